The van der Waals surface area contributed by atoms with Crippen LogP contribution < -0.4 is 15.4 Å². The molecule has 0 saturated carbocycles. The fourth-order valence-electron chi connectivity index (χ4n) is 2.08. The van der Waals surface area contributed by atoms with Crippen LogP contribution in [0.25, 0.3) is 0 Å². The summed E-state index contributed by atoms with van der Waals surface area (Å²) in [6.45, 7) is 2.97. The summed E-state index contributed by atoms with van der Waals surface area (Å²) >= 11 is 5.86. The van der Waals surface area contributed by atoms with E-state index in [2.05, 4.69) is 10.6 Å². The van der Waals surface area contributed by atoms with Crippen molar-refractivity contribution < 1.29 is 9.53 Å². The molecule has 130 valence electrons. The van der Waals surface area contributed by atoms with Crippen molar-refractivity contribution in [3.63, 3.8) is 0 Å². The Morgan fingerprint density at radius 2 is 1.92 bits per heavy atom. The fraction of sp³-hybridized carbons (Fsp3) is 0.278. The number of benzene rings is 2. The standard InChI is InChI=1S/C18H21ClN2O2.ClH/c1-13(11-20-2)18(22)21-16-4-3-5-17(10-16)23-12-14-6-8-15(19)9-7-14;/h3-10,13,20H,11-12H2,1-2H3,(H,21,22);1H. The molecule has 2 N–H and O–H groups in total. The number of hydrogen-bond donors (Lipinski definition) is 2. The molecule has 0 saturated heterocycles. The second-order valence-corrected chi connectivity index (χ2v) is 5.83. The summed E-state index contributed by atoms with van der Waals surface area (Å²) in [5.74, 6) is 0.590. The average molecular weight is 369 g/mol. The molecule has 2 aromatic rings. The summed E-state index contributed by atoms with van der Waals surface area (Å²) in [5.41, 5.74) is 1.76. The van der Waals surface area contributed by atoms with Gasteiger partial charge in [0.25, 0.3) is 0 Å². The zero-order chi connectivity index (χ0) is 16.7. The highest BCUT2D eigenvalue weighted by atomic mass is 35.5. The van der Waals surface area contributed by atoms with Crippen LogP contribution >= 0.6 is 24.0 Å². The maximum atomic E-state index is 12.0. The first-order valence-electron chi connectivity index (χ1n) is 7.51. The van der Waals surface area contributed by atoms with Crippen molar-refractivity contribution in [3.8, 4) is 5.75 Å². The van der Waals surface area contributed by atoms with Gasteiger partial charge in [-0.25, -0.2) is 0 Å². The summed E-state index contributed by atoms with van der Waals surface area (Å²) in [7, 11) is 1.83. The SMILES string of the molecule is CNCC(C)C(=O)Nc1cccc(OCc2ccc(Cl)cc2)c1.Cl. The molecule has 1 atom stereocenters. The molecule has 1 unspecified atom stereocenters. The van der Waals surface area contributed by atoms with E-state index in [0.717, 1.165) is 11.3 Å². The van der Waals surface area contributed by atoms with Gasteiger partial charge in [0.05, 0.1) is 0 Å². The zero-order valence-electron chi connectivity index (χ0n) is 13.7. The minimum Gasteiger partial charge on any atom is -0.489 e. The van der Waals surface area contributed by atoms with Gasteiger partial charge in [0, 0.05) is 29.2 Å². The molecule has 6 heteroatoms. The Bertz CT molecular complexity index is 648. The van der Waals surface area contributed by atoms with Crippen LogP contribution in [0.5, 0.6) is 5.75 Å². The van der Waals surface area contributed by atoms with E-state index in [1.54, 1.807) is 0 Å². The van der Waals surface area contributed by atoms with Gasteiger partial charge < -0.3 is 15.4 Å². The minimum atomic E-state index is -0.0985. The normalized spacial score (nSPS) is 11.3. The van der Waals surface area contributed by atoms with Crippen molar-refractivity contribution in [3.05, 3.63) is 59.1 Å². The summed E-state index contributed by atoms with van der Waals surface area (Å²) < 4.78 is 5.76. The maximum Gasteiger partial charge on any atom is 0.228 e. The highest BCUT2D eigenvalue weighted by Gasteiger charge is 2.12. The van der Waals surface area contributed by atoms with Gasteiger partial charge in [-0.15, -0.1) is 12.4 Å². The van der Waals surface area contributed by atoms with Gasteiger partial charge in [-0.1, -0.05) is 36.7 Å². The highest BCUT2D eigenvalue weighted by molar-refractivity contribution is 6.30. The third-order valence-electron chi connectivity index (χ3n) is 3.38. The molecule has 0 aliphatic carbocycles. The smallest absolute Gasteiger partial charge is 0.228 e. The van der Waals surface area contributed by atoms with Crippen LogP contribution in [0.3, 0.4) is 0 Å². The van der Waals surface area contributed by atoms with E-state index in [-0.39, 0.29) is 24.2 Å². The van der Waals surface area contributed by atoms with Gasteiger partial charge in [-0.3, -0.25) is 4.79 Å². The maximum absolute atomic E-state index is 12.0. The van der Waals surface area contributed by atoms with Crippen molar-refractivity contribution in [2.45, 2.75) is 13.5 Å². The lowest BCUT2D eigenvalue weighted by Gasteiger charge is -2.13. The van der Waals surface area contributed by atoms with Crippen molar-refractivity contribution >= 4 is 35.6 Å². The first kappa shape index (κ1) is 20.3. The van der Waals surface area contributed by atoms with Gasteiger partial charge in [0.2, 0.25) is 5.91 Å². The molecule has 0 heterocycles. The number of ether oxygens (including phenoxy) is 1. The van der Waals surface area contributed by atoms with Gasteiger partial charge in [0.15, 0.2) is 0 Å². The third kappa shape index (κ3) is 6.40. The second kappa shape index (κ2) is 10.2. The molecule has 2 rings (SSSR count). The van der Waals surface area contributed by atoms with Gasteiger partial charge in [0.1, 0.15) is 12.4 Å². The van der Waals surface area contributed by atoms with Crippen molar-refractivity contribution in [2.24, 2.45) is 5.92 Å². The first-order chi connectivity index (χ1) is 11.1. The van der Waals surface area contributed by atoms with E-state index in [4.69, 9.17) is 16.3 Å². The molecule has 0 aliphatic rings. The Hall–Kier alpha value is -1.75. The van der Waals surface area contributed by atoms with Gasteiger partial charge in [-0.2, -0.15) is 0 Å². The van der Waals surface area contributed by atoms with E-state index < -0.39 is 0 Å². The molecule has 24 heavy (non-hydrogen) atoms. The van der Waals surface area contributed by atoms with E-state index in [0.29, 0.717) is 23.9 Å². The summed E-state index contributed by atoms with van der Waals surface area (Å²) in [6.07, 6.45) is 0. The van der Waals surface area contributed by atoms with Crippen molar-refractivity contribution in [1.82, 2.24) is 5.32 Å². The molecule has 0 spiro atoms. The summed E-state index contributed by atoms with van der Waals surface area (Å²) in [4.78, 5) is 12.0. The topological polar surface area (TPSA) is 50.4 Å². The lowest BCUT2D eigenvalue weighted by atomic mass is 10.1. The first-order valence-corrected chi connectivity index (χ1v) is 7.89. The third-order valence-corrected chi connectivity index (χ3v) is 3.63. The molecule has 0 radical (unpaired) electrons. The molecule has 0 bridgehead atoms. The van der Waals surface area contributed by atoms with E-state index >= 15 is 0 Å². The molecular formula is C18H22Cl2N2O2. The van der Waals surface area contributed by atoms with Crippen molar-refractivity contribution in [2.75, 3.05) is 18.9 Å². The number of carbonyl (C=O) groups excluding carboxylic acids is 1. The highest BCUT2D eigenvalue weighted by Crippen LogP contribution is 2.19. The van der Waals surface area contributed by atoms with Crippen LogP contribution in [0.4, 0.5) is 5.69 Å². The molecule has 4 nitrogen and oxygen atoms in total. The van der Waals surface area contributed by atoms with E-state index in [9.17, 15) is 4.79 Å². The largest absolute Gasteiger partial charge is 0.489 e. The molecule has 0 fully saturated rings. The number of nitrogens with one attached hydrogen (secondary N) is 2. The van der Waals surface area contributed by atoms with Gasteiger partial charge >= 0.3 is 0 Å². The van der Waals surface area contributed by atoms with Crippen LogP contribution in [-0.2, 0) is 11.4 Å². The van der Waals surface area contributed by atoms with Crippen LogP contribution in [-0.4, -0.2) is 19.5 Å². The molecular weight excluding hydrogens is 347 g/mol. The molecule has 1 amide bonds. The Kier molecular flexibility index (Phi) is 8.61. The Labute approximate surface area is 154 Å². The fourth-order valence-corrected chi connectivity index (χ4v) is 2.20. The predicted molar refractivity (Wildman–Crippen MR) is 101 cm³/mol. The lowest BCUT2D eigenvalue weighted by Crippen LogP contribution is -2.28. The second-order valence-electron chi connectivity index (χ2n) is 5.39. The summed E-state index contributed by atoms with van der Waals surface area (Å²) in [5, 5.41) is 6.59. The van der Waals surface area contributed by atoms with Crippen LogP contribution in [0, 0.1) is 5.92 Å². The number of hydrogen-bond acceptors (Lipinski definition) is 3. The van der Waals surface area contributed by atoms with Crippen LogP contribution in [0.15, 0.2) is 48.5 Å². The average Bonchev–Trinajstić information content (AvgIpc) is 2.55. The zero-order valence-corrected chi connectivity index (χ0v) is 15.3. The van der Waals surface area contributed by atoms with E-state index in [1.807, 2.05) is 62.5 Å². The van der Waals surface area contributed by atoms with E-state index in [1.165, 1.54) is 0 Å². The lowest BCUT2D eigenvalue weighted by molar-refractivity contribution is -0.119. The quantitative estimate of drug-likeness (QED) is 0.772. The number of rotatable bonds is 7. The van der Waals surface area contributed by atoms with Crippen LogP contribution in [0.2, 0.25) is 5.02 Å². The predicted octanol–water partition coefficient (Wildman–Crippen LogP) is 4.13. The van der Waals surface area contributed by atoms with Gasteiger partial charge in [-0.05, 0) is 36.9 Å². The minimum absolute atomic E-state index is 0. The van der Waals surface area contributed by atoms with Crippen LogP contribution in [0.1, 0.15) is 12.5 Å². The number of anilines is 1. The Balaban J connectivity index is 0.00000288. The summed E-state index contributed by atoms with van der Waals surface area (Å²) in [6, 6.07) is 14.9. The number of carbonyl (C=O) groups is 1. The Morgan fingerprint density at radius 3 is 2.58 bits per heavy atom. The van der Waals surface area contributed by atoms with Crippen molar-refractivity contribution in [1.29, 1.82) is 0 Å². The molecule has 0 aromatic heterocycles. The molecule has 0 aliphatic heterocycles. The number of amides is 1. The monoisotopic (exact) mass is 368 g/mol. The molecule has 2 aromatic carbocycles. The Morgan fingerprint density at radius 1 is 1.21 bits per heavy atom. The number of halogens is 2.